The number of anilines is 2. The van der Waals surface area contributed by atoms with Crippen molar-refractivity contribution in [1.29, 1.82) is 0 Å². The van der Waals surface area contributed by atoms with Gasteiger partial charge in [0, 0.05) is 12.6 Å². The van der Waals surface area contributed by atoms with Gasteiger partial charge < -0.3 is 10.6 Å². The second-order valence-corrected chi connectivity index (χ2v) is 6.96. The van der Waals surface area contributed by atoms with Crippen molar-refractivity contribution in [1.82, 2.24) is 9.55 Å². The fourth-order valence-electron chi connectivity index (χ4n) is 3.52. The zero-order valence-corrected chi connectivity index (χ0v) is 16.3. The number of nitrogens with one attached hydrogen (secondary N) is 1. The van der Waals surface area contributed by atoms with Gasteiger partial charge in [0.25, 0.3) is 11.5 Å². The van der Waals surface area contributed by atoms with Crippen LogP contribution in [0, 0.1) is 0 Å². The van der Waals surface area contributed by atoms with E-state index in [4.69, 9.17) is 5.73 Å². The molecule has 1 aromatic heterocycles. The predicted molar refractivity (Wildman–Crippen MR) is 118 cm³/mol. The van der Waals surface area contributed by atoms with Crippen LogP contribution in [0.3, 0.4) is 0 Å². The van der Waals surface area contributed by atoms with Crippen molar-refractivity contribution < 1.29 is 4.79 Å². The zero-order valence-electron chi connectivity index (χ0n) is 16.3. The summed E-state index contributed by atoms with van der Waals surface area (Å²) in [6, 6.07) is 22.1. The summed E-state index contributed by atoms with van der Waals surface area (Å²) in [7, 11) is 1.47. The predicted octanol–water partition coefficient (Wildman–Crippen LogP) is 2.60. The van der Waals surface area contributed by atoms with Gasteiger partial charge in [-0.2, -0.15) is 0 Å². The van der Waals surface area contributed by atoms with Gasteiger partial charge in [-0.05, 0) is 22.4 Å². The normalized spacial score (nSPS) is 10.8. The van der Waals surface area contributed by atoms with Gasteiger partial charge in [0.1, 0.15) is 5.82 Å². The molecule has 0 aliphatic heterocycles. The summed E-state index contributed by atoms with van der Waals surface area (Å²) in [5.41, 5.74) is 6.09. The van der Waals surface area contributed by atoms with Gasteiger partial charge in [0.05, 0.1) is 6.54 Å². The van der Waals surface area contributed by atoms with E-state index in [1.54, 1.807) is 12.1 Å². The number of nitrogens with two attached hydrogens (primary N) is 1. The Labute approximate surface area is 172 Å². The van der Waals surface area contributed by atoms with Crippen molar-refractivity contribution >= 4 is 28.2 Å². The van der Waals surface area contributed by atoms with Gasteiger partial charge in [0.15, 0.2) is 5.69 Å². The fraction of sp³-hybridized carbons (Fsp3) is 0.0870. The third-order valence-electron chi connectivity index (χ3n) is 5.06. The lowest BCUT2D eigenvalue weighted by Gasteiger charge is -2.21. The van der Waals surface area contributed by atoms with Crippen LogP contribution in [0.25, 0.3) is 10.8 Å². The van der Waals surface area contributed by atoms with Gasteiger partial charge in [-0.1, -0.05) is 66.7 Å². The molecule has 7 heteroatoms. The number of nitrogens with zero attached hydrogens (tertiary/aromatic N) is 2. The van der Waals surface area contributed by atoms with Crippen molar-refractivity contribution in [3.8, 4) is 0 Å². The number of aromatic nitrogens is 2. The van der Waals surface area contributed by atoms with E-state index in [9.17, 15) is 14.4 Å². The lowest BCUT2D eigenvalue weighted by atomic mass is 10.0. The molecule has 150 valence electrons. The monoisotopic (exact) mass is 400 g/mol. The molecule has 0 saturated carbocycles. The highest BCUT2D eigenvalue weighted by Gasteiger charge is 2.23. The molecule has 0 radical (unpaired) electrons. The minimum Gasteiger partial charge on any atom is -0.383 e. The zero-order chi connectivity index (χ0) is 21.3. The van der Waals surface area contributed by atoms with Crippen LogP contribution in [0.4, 0.5) is 11.5 Å². The first-order valence-electron chi connectivity index (χ1n) is 9.39. The topological polar surface area (TPSA) is 101 Å². The van der Waals surface area contributed by atoms with E-state index < -0.39 is 17.2 Å². The summed E-state index contributed by atoms with van der Waals surface area (Å²) in [6.45, 7) is 0.172. The van der Waals surface area contributed by atoms with Gasteiger partial charge >= 0.3 is 5.69 Å². The molecule has 0 spiro atoms. The Bertz CT molecular complexity index is 1350. The maximum Gasteiger partial charge on any atom is 0.330 e. The van der Waals surface area contributed by atoms with E-state index in [0.29, 0.717) is 5.56 Å². The van der Waals surface area contributed by atoms with E-state index >= 15 is 0 Å². The summed E-state index contributed by atoms with van der Waals surface area (Å²) in [4.78, 5) is 41.7. The molecule has 4 rings (SSSR count). The molecular formula is C23H20N4O3. The molecule has 0 bridgehead atoms. The Morgan fingerprint density at radius 2 is 1.63 bits per heavy atom. The third kappa shape index (κ3) is 3.37. The van der Waals surface area contributed by atoms with Crippen LogP contribution >= 0.6 is 0 Å². The van der Waals surface area contributed by atoms with Gasteiger partial charge in [-0.15, -0.1) is 0 Å². The Hall–Kier alpha value is -4.13. The molecule has 0 saturated heterocycles. The molecule has 4 aromatic rings. The molecule has 3 N–H and O–H groups in total. The summed E-state index contributed by atoms with van der Waals surface area (Å²) in [5, 5.41) is 1.68. The average molecular weight is 400 g/mol. The first-order valence-corrected chi connectivity index (χ1v) is 9.39. The van der Waals surface area contributed by atoms with Gasteiger partial charge in [-0.3, -0.25) is 19.1 Å². The molecule has 1 amide bonds. The summed E-state index contributed by atoms with van der Waals surface area (Å²) < 4.78 is 1.25. The molecule has 0 aliphatic carbocycles. The van der Waals surface area contributed by atoms with Crippen LogP contribution < -0.4 is 21.9 Å². The number of benzene rings is 3. The number of rotatable bonds is 4. The molecule has 30 heavy (non-hydrogen) atoms. The molecule has 0 aliphatic rings. The van der Waals surface area contributed by atoms with E-state index in [1.807, 2.05) is 60.7 Å². The number of carbonyl (C=O) groups is 1. The van der Waals surface area contributed by atoms with E-state index in [-0.39, 0.29) is 18.1 Å². The number of hydrogen-bond donors (Lipinski definition) is 2. The highest BCUT2D eigenvalue weighted by Crippen LogP contribution is 2.23. The Balaban J connectivity index is 1.79. The smallest absolute Gasteiger partial charge is 0.330 e. The van der Waals surface area contributed by atoms with Crippen molar-refractivity contribution in [2.24, 2.45) is 0 Å². The first kappa shape index (κ1) is 19.2. The van der Waals surface area contributed by atoms with Gasteiger partial charge in [-0.25, -0.2) is 4.79 Å². The molecule has 0 atom stereocenters. The molecule has 1 heterocycles. The highest BCUT2D eigenvalue weighted by atomic mass is 16.2. The van der Waals surface area contributed by atoms with Crippen LogP contribution in [0.15, 0.2) is 82.4 Å². The standard InChI is InChI=1S/C23H20N4O3/c1-26(22(29)18-13-7-11-16-10-5-6-12-17(16)18)19-20(24)27(23(30)25-21(19)28)14-15-8-3-2-4-9-15/h2-13H,14,24H2,1H3,(H,25,28,30). The molecular weight excluding hydrogens is 380 g/mol. The Morgan fingerprint density at radius 3 is 2.40 bits per heavy atom. The van der Waals surface area contributed by atoms with Crippen LogP contribution in [0.5, 0.6) is 0 Å². The molecule has 0 fully saturated rings. The number of amides is 1. The number of fused-ring (bicyclic) bond motifs is 1. The first-order chi connectivity index (χ1) is 14.5. The second-order valence-electron chi connectivity index (χ2n) is 6.96. The van der Waals surface area contributed by atoms with Crippen LogP contribution in [0.2, 0.25) is 0 Å². The highest BCUT2D eigenvalue weighted by molar-refractivity contribution is 6.14. The maximum absolute atomic E-state index is 13.2. The minimum absolute atomic E-state index is 0.0660. The second kappa shape index (κ2) is 7.71. The number of carbonyl (C=O) groups excluding carboxylic acids is 1. The van der Waals surface area contributed by atoms with Crippen molar-refractivity contribution in [2.45, 2.75) is 6.54 Å². The average Bonchev–Trinajstić information content (AvgIpc) is 2.76. The third-order valence-corrected chi connectivity index (χ3v) is 5.06. The SMILES string of the molecule is CN(C(=O)c1cccc2ccccc12)c1c(N)n(Cc2ccccc2)c(=O)[nH]c1=O. The van der Waals surface area contributed by atoms with Gasteiger partial charge in [0.2, 0.25) is 0 Å². The molecule has 0 unspecified atom stereocenters. The van der Waals surface area contributed by atoms with Crippen molar-refractivity contribution in [3.63, 3.8) is 0 Å². The summed E-state index contributed by atoms with van der Waals surface area (Å²) >= 11 is 0. The molecule has 7 nitrogen and oxygen atoms in total. The summed E-state index contributed by atoms with van der Waals surface area (Å²) in [5.74, 6) is -0.461. The van der Waals surface area contributed by atoms with E-state index in [1.165, 1.54) is 16.5 Å². The quantitative estimate of drug-likeness (QED) is 0.550. The van der Waals surface area contributed by atoms with Crippen molar-refractivity contribution in [2.75, 3.05) is 17.7 Å². The van der Waals surface area contributed by atoms with Crippen molar-refractivity contribution in [3.05, 3.63) is 105 Å². The largest absolute Gasteiger partial charge is 0.383 e. The Kier molecular flexibility index (Phi) is 4.93. The number of aromatic amines is 1. The van der Waals surface area contributed by atoms with Crippen LogP contribution in [0.1, 0.15) is 15.9 Å². The number of hydrogen-bond acceptors (Lipinski definition) is 4. The number of H-pyrrole nitrogens is 1. The van der Waals surface area contributed by atoms with E-state index in [0.717, 1.165) is 16.3 Å². The fourth-order valence-corrected chi connectivity index (χ4v) is 3.52. The minimum atomic E-state index is -0.710. The lowest BCUT2D eigenvalue weighted by molar-refractivity contribution is 0.0994. The molecule has 3 aromatic carbocycles. The summed E-state index contributed by atoms with van der Waals surface area (Å²) in [6.07, 6.45) is 0. The van der Waals surface area contributed by atoms with Crippen LogP contribution in [-0.2, 0) is 6.54 Å². The van der Waals surface area contributed by atoms with E-state index in [2.05, 4.69) is 4.98 Å². The van der Waals surface area contributed by atoms with Crippen LogP contribution in [-0.4, -0.2) is 22.5 Å². The maximum atomic E-state index is 13.2. The number of nitrogen functional groups attached to an aromatic ring is 1. The lowest BCUT2D eigenvalue weighted by Crippen LogP contribution is -2.39. The Morgan fingerprint density at radius 1 is 0.967 bits per heavy atom.